The van der Waals surface area contributed by atoms with E-state index in [-0.39, 0.29) is 12.6 Å². The Morgan fingerprint density at radius 3 is 2.64 bits per heavy atom. The summed E-state index contributed by atoms with van der Waals surface area (Å²) < 4.78 is 0. The first-order valence-electron chi connectivity index (χ1n) is 3.46. The largest absolute Gasteiger partial charge is 0.396 e. The Morgan fingerprint density at radius 1 is 1.45 bits per heavy atom. The molecule has 1 heterocycles. The lowest BCUT2D eigenvalue weighted by atomic mass is 10.1. The van der Waals surface area contributed by atoms with Crippen molar-refractivity contribution < 1.29 is 5.11 Å². The predicted molar refractivity (Wildman–Crippen MR) is 40.7 cm³/mol. The molecule has 0 saturated carbocycles. The van der Waals surface area contributed by atoms with Gasteiger partial charge in [0.05, 0.1) is 0 Å². The fourth-order valence-electron chi connectivity index (χ4n) is 0.808. The molecule has 0 unspecified atom stereocenters. The summed E-state index contributed by atoms with van der Waals surface area (Å²) in [5.41, 5.74) is 6.53. The van der Waals surface area contributed by atoms with Crippen LogP contribution in [0.4, 0.5) is 0 Å². The molecular weight excluding hydrogens is 142 g/mol. The Labute approximate surface area is 65.1 Å². The summed E-state index contributed by atoms with van der Waals surface area (Å²) >= 11 is 0. The molecule has 1 aromatic rings. The topological polar surface area (TPSA) is 72.0 Å². The molecule has 1 rings (SSSR count). The second-order valence-electron chi connectivity index (χ2n) is 2.29. The Hall–Kier alpha value is -1.00. The van der Waals surface area contributed by atoms with E-state index in [0.717, 1.165) is 5.56 Å². The maximum atomic E-state index is 8.58. The van der Waals surface area contributed by atoms with Gasteiger partial charge in [-0.2, -0.15) is 0 Å². The molecule has 0 radical (unpaired) electrons. The van der Waals surface area contributed by atoms with Crippen molar-refractivity contribution in [3.63, 3.8) is 0 Å². The van der Waals surface area contributed by atoms with Crippen molar-refractivity contribution in [1.29, 1.82) is 0 Å². The van der Waals surface area contributed by atoms with Crippen LogP contribution in [-0.2, 0) is 0 Å². The highest BCUT2D eigenvalue weighted by Gasteiger charge is 2.03. The van der Waals surface area contributed by atoms with Gasteiger partial charge in [0.1, 0.15) is 6.33 Å². The Kier molecular flexibility index (Phi) is 2.95. The third-order valence-corrected chi connectivity index (χ3v) is 1.45. The van der Waals surface area contributed by atoms with E-state index < -0.39 is 0 Å². The molecule has 0 spiro atoms. The van der Waals surface area contributed by atoms with Crippen LogP contribution >= 0.6 is 0 Å². The molecule has 0 aliphatic heterocycles. The number of hydrogen-bond donors (Lipinski definition) is 2. The van der Waals surface area contributed by atoms with E-state index in [0.29, 0.717) is 6.42 Å². The van der Waals surface area contributed by atoms with Crippen LogP contribution in [0.25, 0.3) is 0 Å². The summed E-state index contributed by atoms with van der Waals surface area (Å²) in [7, 11) is 0. The van der Waals surface area contributed by atoms with E-state index >= 15 is 0 Å². The minimum Gasteiger partial charge on any atom is -0.396 e. The molecule has 3 N–H and O–H groups in total. The zero-order valence-electron chi connectivity index (χ0n) is 6.14. The second kappa shape index (κ2) is 4.00. The Bertz CT molecular complexity index is 202. The molecule has 60 valence electrons. The number of rotatable bonds is 3. The van der Waals surface area contributed by atoms with Crippen molar-refractivity contribution in [3.8, 4) is 0 Å². The summed E-state index contributed by atoms with van der Waals surface area (Å²) in [5.74, 6) is 0. The molecule has 1 aromatic heterocycles. The SMILES string of the molecule is N[C@H](CCO)c1cncnc1. The normalized spacial score (nSPS) is 12.9. The summed E-state index contributed by atoms with van der Waals surface area (Å²) in [6.45, 7) is 0.0933. The number of hydrogen-bond acceptors (Lipinski definition) is 4. The van der Waals surface area contributed by atoms with Crippen molar-refractivity contribution in [2.45, 2.75) is 12.5 Å². The van der Waals surface area contributed by atoms with Crippen molar-refractivity contribution >= 4 is 0 Å². The average Bonchev–Trinajstić information content (AvgIpc) is 2.07. The molecule has 0 fully saturated rings. The van der Waals surface area contributed by atoms with Gasteiger partial charge >= 0.3 is 0 Å². The molecule has 0 bridgehead atoms. The van der Waals surface area contributed by atoms with Crippen LogP contribution in [0.1, 0.15) is 18.0 Å². The predicted octanol–water partition coefficient (Wildman–Crippen LogP) is -0.141. The van der Waals surface area contributed by atoms with Gasteiger partial charge < -0.3 is 10.8 Å². The molecule has 0 aliphatic carbocycles. The lowest BCUT2D eigenvalue weighted by Gasteiger charge is -2.07. The fraction of sp³-hybridized carbons (Fsp3) is 0.429. The maximum absolute atomic E-state index is 8.58. The third kappa shape index (κ3) is 2.25. The van der Waals surface area contributed by atoms with Crippen molar-refractivity contribution in [2.24, 2.45) is 5.73 Å². The van der Waals surface area contributed by atoms with Crippen LogP contribution < -0.4 is 5.73 Å². The minimum absolute atomic E-state index is 0.0933. The van der Waals surface area contributed by atoms with Crippen LogP contribution in [-0.4, -0.2) is 21.7 Å². The zero-order chi connectivity index (χ0) is 8.10. The molecule has 0 aliphatic rings. The van der Waals surface area contributed by atoms with Crippen LogP contribution in [0.2, 0.25) is 0 Å². The molecule has 4 nitrogen and oxygen atoms in total. The highest BCUT2D eigenvalue weighted by molar-refractivity contribution is 5.07. The van der Waals surface area contributed by atoms with Gasteiger partial charge in [0.2, 0.25) is 0 Å². The van der Waals surface area contributed by atoms with Gasteiger partial charge in [-0.3, -0.25) is 0 Å². The number of aromatic nitrogens is 2. The van der Waals surface area contributed by atoms with Crippen molar-refractivity contribution in [2.75, 3.05) is 6.61 Å². The van der Waals surface area contributed by atoms with Gasteiger partial charge in [0.15, 0.2) is 0 Å². The second-order valence-corrected chi connectivity index (χ2v) is 2.29. The van der Waals surface area contributed by atoms with Crippen molar-refractivity contribution in [3.05, 3.63) is 24.3 Å². The van der Waals surface area contributed by atoms with Crippen LogP contribution in [0.15, 0.2) is 18.7 Å². The lowest BCUT2D eigenvalue weighted by molar-refractivity contribution is 0.276. The first-order chi connectivity index (χ1) is 5.34. The van der Waals surface area contributed by atoms with Gasteiger partial charge in [-0.1, -0.05) is 0 Å². The van der Waals surface area contributed by atoms with Crippen molar-refractivity contribution in [1.82, 2.24) is 9.97 Å². The number of nitrogens with two attached hydrogens (primary N) is 1. The van der Waals surface area contributed by atoms with E-state index in [4.69, 9.17) is 10.8 Å². The lowest BCUT2D eigenvalue weighted by Crippen LogP contribution is -2.12. The van der Waals surface area contributed by atoms with E-state index in [1.165, 1.54) is 6.33 Å². The summed E-state index contributed by atoms with van der Waals surface area (Å²) in [6, 6.07) is -0.152. The van der Waals surface area contributed by atoms with E-state index in [2.05, 4.69) is 9.97 Å². The molecule has 4 heteroatoms. The number of aliphatic hydroxyl groups excluding tert-OH is 1. The van der Waals surface area contributed by atoms with Crippen LogP contribution in [0.5, 0.6) is 0 Å². The van der Waals surface area contributed by atoms with E-state index in [9.17, 15) is 0 Å². The highest BCUT2D eigenvalue weighted by atomic mass is 16.3. The number of nitrogens with zero attached hydrogens (tertiary/aromatic N) is 2. The van der Waals surface area contributed by atoms with Gasteiger partial charge in [-0.25, -0.2) is 9.97 Å². The Balaban J connectivity index is 2.61. The van der Waals surface area contributed by atoms with Crippen LogP contribution in [0, 0.1) is 0 Å². The molecule has 11 heavy (non-hydrogen) atoms. The van der Waals surface area contributed by atoms with Gasteiger partial charge in [0.25, 0.3) is 0 Å². The molecule has 0 amide bonds. The first-order valence-corrected chi connectivity index (χ1v) is 3.46. The minimum atomic E-state index is -0.152. The molecular formula is C7H11N3O. The molecule has 1 atom stereocenters. The summed E-state index contributed by atoms with van der Waals surface area (Å²) in [4.78, 5) is 7.63. The van der Waals surface area contributed by atoms with Gasteiger partial charge in [-0.05, 0) is 6.42 Å². The van der Waals surface area contributed by atoms with E-state index in [1.807, 2.05) is 0 Å². The quantitative estimate of drug-likeness (QED) is 0.634. The summed E-state index contributed by atoms with van der Waals surface area (Å²) in [6.07, 6.45) is 5.32. The van der Waals surface area contributed by atoms with E-state index in [1.54, 1.807) is 12.4 Å². The monoisotopic (exact) mass is 153 g/mol. The Morgan fingerprint density at radius 2 is 2.09 bits per heavy atom. The molecule has 0 aromatic carbocycles. The van der Waals surface area contributed by atoms with Crippen LogP contribution in [0.3, 0.4) is 0 Å². The number of aliphatic hydroxyl groups is 1. The van der Waals surface area contributed by atoms with Gasteiger partial charge in [0, 0.05) is 30.6 Å². The smallest absolute Gasteiger partial charge is 0.115 e. The van der Waals surface area contributed by atoms with Gasteiger partial charge in [-0.15, -0.1) is 0 Å². The maximum Gasteiger partial charge on any atom is 0.115 e. The first kappa shape index (κ1) is 8.10. The zero-order valence-corrected chi connectivity index (χ0v) is 6.14. The standard InChI is InChI=1S/C7H11N3O/c8-7(1-2-11)6-3-9-5-10-4-6/h3-5,7,11H,1-2,8H2/t7-/m1/s1. The fourth-order valence-corrected chi connectivity index (χ4v) is 0.808. The molecule has 0 saturated heterocycles. The highest BCUT2D eigenvalue weighted by Crippen LogP contribution is 2.09. The average molecular weight is 153 g/mol. The third-order valence-electron chi connectivity index (χ3n) is 1.45. The summed E-state index contributed by atoms with van der Waals surface area (Å²) in [5, 5.41) is 8.58.